The number of hydrogen-bond donors (Lipinski definition) is 1. The Kier molecular flexibility index (Phi) is 5.36. The molecule has 2 rings (SSSR count). The minimum Gasteiger partial charge on any atom is -0.508 e. The first kappa shape index (κ1) is 16.5. The molecule has 0 heterocycles. The van der Waals surface area contributed by atoms with Gasteiger partial charge in [0.15, 0.2) is 6.10 Å². The van der Waals surface area contributed by atoms with Gasteiger partial charge in [0.05, 0.1) is 5.56 Å². The highest BCUT2D eigenvalue weighted by Crippen LogP contribution is 2.12. The molecule has 0 aromatic heterocycles. The lowest BCUT2D eigenvalue weighted by Crippen LogP contribution is -2.37. The summed E-state index contributed by atoms with van der Waals surface area (Å²) in [5.41, 5.74) is 1.29. The third kappa shape index (κ3) is 4.57. The summed E-state index contributed by atoms with van der Waals surface area (Å²) in [7, 11) is 1.67. The lowest BCUT2D eigenvalue weighted by molar-refractivity contribution is -0.139. The molecular formula is C18H19NO4. The van der Waals surface area contributed by atoms with E-state index in [1.54, 1.807) is 14.0 Å². The van der Waals surface area contributed by atoms with Gasteiger partial charge in [-0.2, -0.15) is 0 Å². The molecule has 0 fully saturated rings. The predicted molar refractivity (Wildman–Crippen MR) is 85.9 cm³/mol. The molecule has 0 saturated heterocycles. The molecule has 120 valence electrons. The highest BCUT2D eigenvalue weighted by molar-refractivity contribution is 5.92. The van der Waals surface area contributed by atoms with Crippen molar-refractivity contribution in [1.29, 1.82) is 0 Å². The van der Waals surface area contributed by atoms with Crippen LogP contribution in [0.25, 0.3) is 0 Å². The van der Waals surface area contributed by atoms with Crippen LogP contribution in [-0.2, 0) is 16.1 Å². The minimum absolute atomic E-state index is 0.0632. The Balaban J connectivity index is 1.93. The molecule has 0 unspecified atom stereocenters. The number of esters is 1. The van der Waals surface area contributed by atoms with Crippen molar-refractivity contribution < 1.29 is 19.4 Å². The van der Waals surface area contributed by atoms with E-state index in [-0.39, 0.29) is 17.2 Å². The van der Waals surface area contributed by atoms with Crippen LogP contribution in [0.15, 0.2) is 54.6 Å². The van der Waals surface area contributed by atoms with E-state index in [2.05, 4.69) is 0 Å². The number of carbonyl (C=O) groups is 2. The molecule has 2 aromatic rings. The Bertz CT molecular complexity index is 667. The number of rotatable bonds is 5. The second-order valence-electron chi connectivity index (χ2n) is 5.27. The Morgan fingerprint density at radius 2 is 1.70 bits per heavy atom. The zero-order valence-electron chi connectivity index (χ0n) is 13.1. The molecule has 0 aliphatic rings. The van der Waals surface area contributed by atoms with Gasteiger partial charge in [-0.3, -0.25) is 4.79 Å². The second-order valence-corrected chi connectivity index (χ2v) is 5.27. The quantitative estimate of drug-likeness (QED) is 0.862. The van der Waals surface area contributed by atoms with E-state index in [0.717, 1.165) is 5.56 Å². The number of nitrogens with zero attached hydrogens (tertiary/aromatic N) is 1. The van der Waals surface area contributed by atoms with Gasteiger partial charge in [-0.05, 0) is 36.8 Å². The highest BCUT2D eigenvalue weighted by atomic mass is 16.5. The summed E-state index contributed by atoms with van der Waals surface area (Å²) in [5.74, 6) is -0.812. The Morgan fingerprint density at radius 3 is 2.30 bits per heavy atom. The molecular weight excluding hydrogens is 294 g/mol. The van der Waals surface area contributed by atoms with Gasteiger partial charge in [0.25, 0.3) is 5.91 Å². The van der Waals surface area contributed by atoms with E-state index in [1.165, 1.54) is 29.2 Å². The van der Waals surface area contributed by atoms with E-state index >= 15 is 0 Å². The zero-order chi connectivity index (χ0) is 16.8. The van der Waals surface area contributed by atoms with Crippen LogP contribution in [0.2, 0.25) is 0 Å². The van der Waals surface area contributed by atoms with E-state index < -0.39 is 12.1 Å². The topological polar surface area (TPSA) is 66.8 Å². The fraction of sp³-hybridized carbons (Fsp3) is 0.222. The maximum absolute atomic E-state index is 12.3. The summed E-state index contributed by atoms with van der Waals surface area (Å²) in [6.45, 7) is 1.99. The number of carbonyl (C=O) groups excluding carboxylic acids is 2. The zero-order valence-corrected chi connectivity index (χ0v) is 13.1. The number of aromatic hydroxyl groups is 1. The van der Waals surface area contributed by atoms with Crippen LogP contribution in [0.1, 0.15) is 22.8 Å². The Labute approximate surface area is 135 Å². The van der Waals surface area contributed by atoms with Gasteiger partial charge in [-0.25, -0.2) is 4.79 Å². The van der Waals surface area contributed by atoms with Crippen LogP contribution >= 0.6 is 0 Å². The molecule has 1 N–H and O–H groups in total. The van der Waals surface area contributed by atoms with E-state index in [1.807, 2.05) is 30.3 Å². The van der Waals surface area contributed by atoms with E-state index in [4.69, 9.17) is 4.74 Å². The molecule has 1 amide bonds. The van der Waals surface area contributed by atoms with Crippen molar-refractivity contribution in [2.45, 2.75) is 19.6 Å². The summed E-state index contributed by atoms with van der Waals surface area (Å²) in [4.78, 5) is 25.8. The van der Waals surface area contributed by atoms with Crippen molar-refractivity contribution in [3.63, 3.8) is 0 Å². The number of benzene rings is 2. The van der Waals surface area contributed by atoms with Crippen molar-refractivity contribution >= 4 is 11.9 Å². The molecule has 0 spiro atoms. The molecule has 2 aromatic carbocycles. The summed E-state index contributed by atoms with van der Waals surface area (Å²) < 4.78 is 5.19. The lowest BCUT2D eigenvalue weighted by atomic mass is 10.2. The molecule has 0 saturated carbocycles. The van der Waals surface area contributed by atoms with Gasteiger partial charge in [-0.1, -0.05) is 30.3 Å². The number of amides is 1. The summed E-state index contributed by atoms with van der Waals surface area (Å²) in [6.07, 6.45) is -0.884. The van der Waals surface area contributed by atoms with Gasteiger partial charge in [0, 0.05) is 13.6 Å². The van der Waals surface area contributed by atoms with Crippen molar-refractivity contribution in [3.8, 4) is 5.75 Å². The average Bonchev–Trinajstić information content (AvgIpc) is 2.55. The molecule has 0 aliphatic carbocycles. The summed E-state index contributed by atoms with van der Waals surface area (Å²) in [5, 5.41) is 9.21. The first-order valence-electron chi connectivity index (χ1n) is 7.26. The monoisotopic (exact) mass is 313 g/mol. The van der Waals surface area contributed by atoms with Crippen LogP contribution < -0.4 is 0 Å². The molecule has 0 aliphatic heterocycles. The highest BCUT2D eigenvalue weighted by Gasteiger charge is 2.22. The van der Waals surface area contributed by atoms with Crippen LogP contribution in [0, 0.1) is 0 Å². The van der Waals surface area contributed by atoms with Gasteiger partial charge in [0.1, 0.15) is 5.75 Å². The SMILES string of the molecule is C[C@H](OC(=O)c1ccc(O)cc1)C(=O)N(C)Cc1ccccc1. The Hall–Kier alpha value is -2.82. The van der Waals surface area contributed by atoms with Crippen LogP contribution in [0.5, 0.6) is 5.75 Å². The van der Waals surface area contributed by atoms with Gasteiger partial charge in [0.2, 0.25) is 0 Å². The summed E-state index contributed by atoms with van der Waals surface area (Å²) >= 11 is 0. The first-order chi connectivity index (χ1) is 11.0. The summed E-state index contributed by atoms with van der Waals surface area (Å²) in [6, 6.07) is 15.3. The van der Waals surface area contributed by atoms with Crippen molar-refractivity contribution in [1.82, 2.24) is 4.90 Å². The second kappa shape index (κ2) is 7.45. The smallest absolute Gasteiger partial charge is 0.338 e. The van der Waals surface area contributed by atoms with Gasteiger partial charge in [-0.15, -0.1) is 0 Å². The maximum atomic E-state index is 12.3. The third-order valence-corrected chi connectivity index (χ3v) is 3.37. The number of ether oxygens (including phenoxy) is 1. The van der Waals surface area contributed by atoms with Crippen LogP contribution in [-0.4, -0.2) is 35.0 Å². The fourth-order valence-corrected chi connectivity index (χ4v) is 2.12. The largest absolute Gasteiger partial charge is 0.508 e. The maximum Gasteiger partial charge on any atom is 0.338 e. The lowest BCUT2D eigenvalue weighted by Gasteiger charge is -2.21. The fourth-order valence-electron chi connectivity index (χ4n) is 2.12. The number of phenolic OH excluding ortho intramolecular Hbond substituents is 1. The standard InChI is InChI=1S/C18H19NO4/c1-13(23-18(22)15-8-10-16(20)11-9-15)17(21)19(2)12-14-6-4-3-5-7-14/h3-11,13,20H,12H2,1-2H3/t13-/m0/s1. The predicted octanol–water partition coefficient (Wildman–Crippen LogP) is 2.60. The van der Waals surface area contributed by atoms with Crippen molar-refractivity contribution in [2.75, 3.05) is 7.05 Å². The van der Waals surface area contributed by atoms with E-state index in [0.29, 0.717) is 6.54 Å². The van der Waals surface area contributed by atoms with E-state index in [9.17, 15) is 14.7 Å². The van der Waals surface area contributed by atoms with Gasteiger partial charge < -0.3 is 14.7 Å². The van der Waals surface area contributed by atoms with Gasteiger partial charge >= 0.3 is 5.97 Å². The van der Waals surface area contributed by atoms with Crippen LogP contribution in [0.4, 0.5) is 0 Å². The molecule has 5 nitrogen and oxygen atoms in total. The molecule has 5 heteroatoms. The molecule has 0 radical (unpaired) electrons. The number of phenols is 1. The Morgan fingerprint density at radius 1 is 1.09 bits per heavy atom. The first-order valence-corrected chi connectivity index (χ1v) is 7.26. The molecule has 23 heavy (non-hydrogen) atoms. The average molecular weight is 313 g/mol. The normalized spacial score (nSPS) is 11.6. The van der Waals surface area contributed by atoms with Crippen molar-refractivity contribution in [2.24, 2.45) is 0 Å². The number of likely N-dealkylation sites (N-methyl/N-ethyl adjacent to an activating group) is 1. The minimum atomic E-state index is -0.884. The van der Waals surface area contributed by atoms with Crippen LogP contribution in [0.3, 0.4) is 0 Å². The molecule has 1 atom stereocenters. The number of hydrogen-bond acceptors (Lipinski definition) is 4. The molecule has 0 bridgehead atoms. The van der Waals surface area contributed by atoms with Crippen molar-refractivity contribution in [3.05, 3.63) is 65.7 Å². The third-order valence-electron chi connectivity index (χ3n) is 3.37.